The molecule has 4 atom stereocenters. The minimum absolute atomic E-state index is 0.0459. The van der Waals surface area contributed by atoms with Gasteiger partial charge in [-0.05, 0) is 14.7 Å². The second-order valence-corrected chi connectivity index (χ2v) is 7.98. The molecule has 7 heteroatoms. The molecule has 2 aliphatic rings. The summed E-state index contributed by atoms with van der Waals surface area (Å²) >= 11 is 0. The standard InChI is InChI=1S/C11H19N3O2P2/c1-5-12-6-7-14-9-8(16-9)11(17-2,18(3)4)13-10(14)15/h8-9,12H,2-3,5-7H2,1,4H3/p+1. The molecule has 18 heavy (non-hydrogen) atoms. The fraction of sp³-hybridized carbons (Fsp3) is 0.727. The number of hydrogen-bond acceptors (Lipinski definition) is 3. The number of nitrogens with one attached hydrogen (secondary N) is 2. The first kappa shape index (κ1) is 14.0. The summed E-state index contributed by atoms with van der Waals surface area (Å²) in [5.41, 5.74) is 0. The van der Waals surface area contributed by atoms with Crippen LogP contribution in [0.3, 0.4) is 0 Å². The lowest BCUT2D eigenvalue weighted by Gasteiger charge is -2.32. The van der Waals surface area contributed by atoms with Crippen molar-refractivity contribution in [1.29, 1.82) is 0 Å². The van der Waals surface area contributed by atoms with Crippen LogP contribution in [0.5, 0.6) is 0 Å². The molecule has 100 valence electrons. The van der Waals surface area contributed by atoms with E-state index in [-0.39, 0.29) is 23.4 Å². The number of urea groups is 1. The summed E-state index contributed by atoms with van der Waals surface area (Å²) in [6, 6.07) is -0.0548. The number of likely N-dealkylation sites (N-methyl/N-ethyl adjacent to an activating group) is 1. The minimum Gasteiger partial charge on any atom is -0.339 e. The Balaban J connectivity index is 2.06. The van der Waals surface area contributed by atoms with Crippen molar-refractivity contribution in [2.75, 3.05) is 26.3 Å². The summed E-state index contributed by atoms with van der Waals surface area (Å²) in [7, 11) is 0.302. The summed E-state index contributed by atoms with van der Waals surface area (Å²) in [5.74, 6) is 0. The van der Waals surface area contributed by atoms with Crippen LogP contribution < -0.4 is 10.6 Å². The number of carbonyl (C=O) groups is 1. The van der Waals surface area contributed by atoms with Gasteiger partial charge in [-0.2, -0.15) is 0 Å². The van der Waals surface area contributed by atoms with E-state index in [1.807, 2.05) is 6.92 Å². The van der Waals surface area contributed by atoms with Gasteiger partial charge in [0.1, 0.15) is 7.55 Å². The fourth-order valence-electron chi connectivity index (χ4n) is 2.22. The predicted octanol–water partition coefficient (Wildman–Crippen LogP) is 0.922. The lowest BCUT2D eigenvalue weighted by atomic mass is 10.3. The van der Waals surface area contributed by atoms with Crippen molar-refractivity contribution in [2.24, 2.45) is 0 Å². The van der Waals surface area contributed by atoms with E-state index < -0.39 is 7.55 Å². The molecule has 0 aromatic heterocycles. The van der Waals surface area contributed by atoms with Gasteiger partial charge in [0, 0.05) is 13.1 Å². The highest BCUT2D eigenvalue weighted by atomic mass is 31.1. The fourth-order valence-corrected chi connectivity index (χ4v) is 4.64. The smallest absolute Gasteiger partial charge is 0.323 e. The van der Waals surface area contributed by atoms with Gasteiger partial charge in [0.2, 0.25) is 0 Å². The van der Waals surface area contributed by atoms with Crippen molar-refractivity contribution in [3.8, 4) is 0 Å². The largest absolute Gasteiger partial charge is 0.339 e. The Hall–Kier alpha value is -0.470. The highest BCUT2D eigenvalue weighted by molar-refractivity contribution is 7.68. The molecular formula is C11H20N3O2P2+. The third-order valence-electron chi connectivity index (χ3n) is 3.33. The van der Waals surface area contributed by atoms with Crippen LogP contribution >= 0.6 is 15.7 Å². The van der Waals surface area contributed by atoms with Gasteiger partial charge in [-0.25, -0.2) is 4.79 Å². The maximum atomic E-state index is 12.2. The number of nitrogens with zero attached hydrogens (tertiary/aromatic N) is 1. The number of ether oxygens (including phenoxy) is 1. The second kappa shape index (κ2) is 5.26. The normalized spacial score (nSPS) is 35.1. The molecule has 2 heterocycles. The molecule has 4 unspecified atom stereocenters. The molecule has 0 bridgehead atoms. The highest BCUT2D eigenvalue weighted by Crippen LogP contribution is 2.55. The molecule has 2 amide bonds. The van der Waals surface area contributed by atoms with Crippen LogP contribution in [-0.4, -0.2) is 67.2 Å². The predicted molar refractivity (Wildman–Crippen MR) is 79.2 cm³/mol. The number of amides is 2. The lowest BCUT2D eigenvalue weighted by Crippen LogP contribution is -2.59. The Morgan fingerprint density at radius 3 is 3.00 bits per heavy atom. The SMILES string of the molecule is C=PC1([P+](=C)C)NC(=O)N(CCNCC)C2OC21. The van der Waals surface area contributed by atoms with Crippen molar-refractivity contribution in [3.05, 3.63) is 0 Å². The summed E-state index contributed by atoms with van der Waals surface area (Å²) in [4.78, 5) is 13.9. The Kier molecular flexibility index (Phi) is 4.08. The summed E-state index contributed by atoms with van der Waals surface area (Å²) in [6.45, 7) is 6.47. The zero-order chi connectivity index (χ0) is 13.3. The number of fused-ring (bicyclic) bond motifs is 1. The van der Waals surface area contributed by atoms with E-state index in [0.29, 0.717) is 6.54 Å². The minimum atomic E-state index is -0.586. The van der Waals surface area contributed by atoms with Crippen LogP contribution in [0.2, 0.25) is 0 Å². The van der Waals surface area contributed by atoms with Crippen molar-refractivity contribution >= 4 is 34.4 Å². The average Bonchev–Trinajstić information content (AvgIpc) is 3.11. The van der Waals surface area contributed by atoms with Gasteiger partial charge in [-0.3, -0.25) is 10.2 Å². The van der Waals surface area contributed by atoms with Gasteiger partial charge in [0.05, 0.1) is 13.0 Å². The van der Waals surface area contributed by atoms with Crippen LogP contribution in [0.25, 0.3) is 0 Å². The topological polar surface area (TPSA) is 56.9 Å². The molecule has 2 aliphatic heterocycles. The van der Waals surface area contributed by atoms with Gasteiger partial charge in [-0.15, -0.1) is 0 Å². The number of epoxide rings is 1. The van der Waals surface area contributed by atoms with E-state index in [2.05, 4.69) is 29.9 Å². The molecule has 0 aromatic rings. The molecule has 2 fully saturated rings. The first-order valence-electron chi connectivity index (χ1n) is 6.04. The monoisotopic (exact) mass is 288 g/mol. The molecule has 0 spiro atoms. The number of rotatable bonds is 6. The van der Waals surface area contributed by atoms with Crippen molar-refractivity contribution < 1.29 is 9.53 Å². The number of carbonyl (C=O) groups excluding carboxylic acids is 1. The van der Waals surface area contributed by atoms with E-state index in [9.17, 15) is 4.79 Å². The van der Waals surface area contributed by atoms with Gasteiger partial charge in [-0.1, -0.05) is 13.2 Å². The Labute approximate surface area is 110 Å². The van der Waals surface area contributed by atoms with Gasteiger partial charge in [0.25, 0.3) is 5.02 Å². The van der Waals surface area contributed by atoms with E-state index in [1.54, 1.807) is 4.90 Å². The first-order valence-corrected chi connectivity index (χ1v) is 9.09. The molecule has 0 saturated carbocycles. The molecule has 0 aromatic carbocycles. The molecule has 0 aliphatic carbocycles. The maximum Gasteiger partial charge on any atom is 0.323 e. The third kappa shape index (κ3) is 2.21. The van der Waals surface area contributed by atoms with E-state index in [0.717, 1.165) is 21.3 Å². The van der Waals surface area contributed by atoms with Crippen molar-refractivity contribution in [1.82, 2.24) is 15.5 Å². The summed E-state index contributed by atoms with van der Waals surface area (Å²) in [5, 5.41) is 5.92. The second-order valence-electron chi connectivity index (χ2n) is 4.51. The quantitative estimate of drug-likeness (QED) is 0.434. The van der Waals surface area contributed by atoms with Gasteiger partial charge < -0.3 is 10.1 Å². The molecule has 2 rings (SSSR count). The highest BCUT2D eigenvalue weighted by Gasteiger charge is 2.67. The molecular weight excluding hydrogens is 268 g/mol. The van der Waals surface area contributed by atoms with E-state index >= 15 is 0 Å². The van der Waals surface area contributed by atoms with Crippen LogP contribution in [0, 0.1) is 0 Å². The molecule has 0 radical (unpaired) electrons. The van der Waals surface area contributed by atoms with Crippen LogP contribution in [0.4, 0.5) is 4.79 Å². The van der Waals surface area contributed by atoms with Crippen molar-refractivity contribution in [3.63, 3.8) is 0 Å². The lowest BCUT2D eigenvalue weighted by molar-refractivity contribution is 0.166. The third-order valence-corrected chi connectivity index (χ3v) is 7.15. The average molecular weight is 288 g/mol. The summed E-state index contributed by atoms with van der Waals surface area (Å²) in [6.07, 6.45) is 8.01. The Bertz CT molecular complexity index is 390. The van der Waals surface area contributed by atoms with Gasteiger partial charge >= 0.3 is 6.03 Å². The van der Waals surface area contributed by atoms with Crippen molar-refractivity contribution in [2.45, 2.75) is 24.3 Å². The van der Waals surface area contributed by atoms with E-state index in [1.165, 1.54) is 0 Å². The molecule has 2 N–H and O–H groups in total. The first-order chi connectivity index (χ1) is 8.56. The van der Waals surface area contributed by atoms with E-state index in [4.69, 9.17) is 4.74 Å². The van der Waals surface area contributed by atoms with Crippen LogP contribution in [-0.2, 0) is 4.74 Å². The zero-order valence-electron chi connectivity index (χ0n) is 10.8. The zero-order valence-corrected chi connectivity index (χ0v) is 12.6. The molecule has 2 saturated heterocycles. The number of hydrogen-bond donors (Lipinski definition) is 2. The Morgan fingerprint density at radius 1 is 1.72 bits per heavy atom. The van der Waals surface area contributed by atoms with Crippen LogP contribution in [0.15, 0.2) is 0 Å². The molecule has 5 nitrogen and oxygen atoms in total. The van der Waals surface area contributed by atoms with Crippen LogP contribution in [0.1, 0.15) is 6.92 Å². The Morgan fingerprint density at radius 2 is 2.44 bits per heavy atom. The van der Waals surface area contributed by atoms with Gasteiger partial charge in [0.15, 0.2) is 12.3 Å². The maximum absolute atomic E-state index is 12.2. The summed E-state index contributed by atoms with van der Waals surface area (Å²) < 4.78 is 5.70.